The van der Waals surface area contributed by atoms with Crippen LogP contribution in [-0.2, 0) is 10.0 Å². The van der Waals surface area contributed by atoms with Gasteiger partial charge in [-0.05, 0) is 59.0 Å². The van der Waals surface area contributed by atoms with E-state index in [-0.39, 0.29) is 4.90 Å². The second kappa shape index (κ2) is 5.93. The molecule has 21 heavy (non-hydrogen) atoms. The summed E-state index contributed by atoms with van der Waals surface area (Å²) in [4.78, 5) is 9.29. The van der Waals surface area contributed by atoms with Gasteiger partial charge in [0.1, 0.15) is 0 Å². The molecule has 0 bridgehead atoms. The quantitative estimate of drug-likeness (QED) is 0.466. The fourth-order valence-corrected chi connectivity index (χ4v) is 2.97. The molecular formula is C12H8FIN2O4S. The van der Waals surface area contributed by atoms with Crippen molar-refractivity contribution in [3.63, 3.8) is 0 Å². The minimum atomic E-state index is -4.02. The normalized spacial score (nSPS) is 11.1. The monoisotopic (exact) mass is 422 g/mol. The maximum atomic E-state index is 13.2. The average Bonchev–Trinajstić information content (AvgIpc) is 2.41. The van der Waals surface area contributed by atoms with E-state index < -0.39 is 26.5 Å². The average molecular weight is 422 g/mol. The lowest BCUT2D eigenvalue weighted by atomic mass is 10.3. The lowest BCUT2D eigenvalue weighted by Crippen LogP contribution is -2.13. The molecule has 0 radical (unpaired) electrons. The highest BCUT2D eigenvalue weighted by Gasteiger charge is 2.21. The van der Waals surface area contributed by atoms with Gasteiger partial charge in [-0.1, -0.05) is 0 Å². The molecule has 0 saturated heterocycles. The first-order valence-corrected chi connectivity index (χ1v) is 8.08. The third-order valence-corrected chi connectivity index (χ3v) is 4.62. The highest BCUT2D eigenvalue weighted by Crippen LogP contribution is 2.23. The van der Waals surface area contributed by atoms with Gasteiger partial charge in [0.15, 0.2) is 0 Å². The number of nitrogens with one attached hydrogen (secondary N) is 1. The number of hydrogen-bond acceptors (Lipinski definition) is 4. The summed E-state index contributed by atoms with van der Waals surface area (Å²) in [5.41, 5.74) is -0.581. The Morgan fingerprint density at radius 2 is 1.76 bits per heavy atom. The van der Waals surface area contributed by atoms with E-state index in [1.54, 1.807) is 24.3 Å². The lowest BCUT2D eigenvalue weighted by molar-refractivity contribution is -0.387. The van der Waals surface area contributed by atoms with Crippen LogP contribution in [-0.4, -0.2) is 13.3 Å². The Kier molecular flexibility index (Phi) is 4.42. The van der Waals surface area contributed by atoms with Gasteiger partial charge < -0.3 is 0 Å². The third kappa shape index (κ3) is 3.67. The number of hydrogen-bond donors (Lipinski definition) is 1. The summed E-state index contributed by atoms with van der Waals surface area (Å²) in [5.74, 6) is -1.09. The van der Waals surface area contributed by atoms with E-state index in [2.05, 4.69) is 27.3 Å². The Morgan fingerprint density at radius 1 is 1.14 bits per heavy atom. The molecule has 0 aliphatic heterocycles. The molecule has 0 aromatic heterocycles. The molecule has 0 saturated carbocycles. The van der Waals surface area contributed by atoms with Crippen LogP contribution in [0.2, 0.25) is 0 Å². The lowest BCUT2D eigenvalue weighted by Gasteiger charge is -2.08. The zero-order valence-corrected chi connectivity index (χ0v) is 13.3. The summed E-state index contributed by atoms with van der Waals surface area (Å²) >= 11 is 2.07. The molecule has 0 atom stereocenters. The number of nitro benzene ring substituents is 1. The molecule has 0 aliphatic carbocycles. The van der Waals surface area contributed by atoms with Crippen LogP contribution < -0.4 is 4.72 Å². The van der Waals surface area contributed by atoms with Gasteiger partial charge in [0.25, 0.3) is 10.0 Å². The molecule has 110 valence electrons. The van der Waals surface area contributed by atoms with E-state index in [4.69, 9.17) is 0 Å². The van der Waals surface area contributed by atoms with Crippen LogP contribution in [0.4, 0.5) is 15.8 Å². The van der Waals surface area contributed by atoms with Crippen LogP contribution in [0.1, 0.15) is 0 Å². The molecule has 2 aromatic carbocycles. The topological polar surface area (TPSA) is 89.3 Å². The molecule has 1 N–H and O–H groups in total. The first-order valence-electron chi connectivity index (χ1n) is 5.52. The number of halogens is 2. The largest absolute Gasteiger partial charge is 0.306 e. The summed E-state index contributed by atoms with van der Waals surface area (Å²) in [7, 11) is -4.02. The van der Waals surface area contributed by atoms with Crippen LogP contribution in [0, 0.1) is 19.5 Å². The smallest absolute Gasteiger partial charge is 0.280 e. The summed E-state index contributed by atoms with van der Waals surface area (Å²) in [6.45, 7) is 0. The van der Waals surface area contributed by atoms with Gasteiger partial charge in [0.05, 0.1) is 9.82 Å². The van der Waals surface area contributed by atoms with Crippen LogP contribution in [0.3, 0.4) is 0 Å². The maximum absolute atomic E-state index is 13.2. The van der Waals surface area contributed by atoms with Gasteiger partial charge in [0, 0.05) is 15.3 Å². The van der Waals surface area contributed by atoms with Crippen molar-refractivity contribution in [1.29, 1.82) is 0 Å². The number of rotatable bonds is 4. The highest BCUT2D eigenvalue weighted by molar-refractivity contribution is 14.1. The Bertz CT molecular complexity index is 793. The minimum absolute atomic E-state index is 0.308. The Labute approximate surface area is 133 Å². The zero-order valence-electron chi connectivity index (χ0n) is 10.3. The number of nitro groups is 1. The molecule has 9 heteroatoms. The molecule has 0 amide bonds. The van der Waals surface area contributed by atoms with E-state index in [1.165, 1.54) is 0 Å². The van der Waals surface area contributed by atoms with Crippen molar-refractivity contribution >= 4 is 44.0 Å². The fourth-order valence-electron chi connectivity index (χ4n) is 1.53. The van der Waals surface area contributed by atoms with Crippen molar-refractivity contribution in [1.82, 2.24) is 0 Å². The summed E-state index contributed by atoms with van der Waals surface area (Å²) in [6, 6.07) is 8.91. The summed E-state index contributed by atoms with van der Waals surface area (Å²) in [5, 5.41) is 10.6. The van der Waals surface area contributed by atoms with Gasteiger partial charge in [-0.25, -0.2) is 8.42 Å². The van der Waals surface area contributed by atoms with Crippen molar-refractivity contribution in [2.75, 3.05) is 4.72 Å². The van der Waals surface area contributed by atoms with Crippen LogP contribution in [0.25, 0.3) is 0 Å². The molecule has 6 nitrogen and oxygen atoms in total. The van der Waals surface area contributed by atoms with E-state index >= 15 is 0 Å². The molecule has 2 rings (SSSR count). The molecular weight excluding hydrogens is 414 g/mol. The number of benzene rings is 2. The third-order valence-electron chi connectivity index (χ3n) is 2.52. The maximum Gasteiger partial charge on any atom is 0.306 e. The second-order valence-electron chi connectivity index (χ2n) is 3.98. The van der Waals surface area contributed by atoms with Gasteiger partial charge in [-0.3, -0.25) is 14.8 Å². The van der Waals surface area contributed by atoms with Crippen molar-refractivity contribution < 1.29 is 17.7 Å². The standard InChI is InChI=1S/C12H8FIN2O4S/c13-11-6-5-10(7-12(11)16(17)18)21(19,20)15-9-3-1-8(14)2-4-9/h1-7,15H. The van der Waals surface area contributed by atoms with Crippen molar-refractivity contribution in [2.24, 2.45) is 0 Å². The summed E-state index contributed by atoms with van der Waals surface area (Å²) < 4.78 is 40.6. The van der Waals surface area contributed by atoms with Gasteiger partial charge in [-0.2, -0.15) is 4.39 Å². The highest BCUT2D eigenvalue weighted by atomic mass is 127. The number of sulfonamides is 1. The SMILES string of the molecule is O=[N+]([O-])c1cc(S(=O)(=O)Nc2ccc(I)cc2)ccc1F. The van der Waals surface area contributed by atoms with E-state index in [1.807, 2.05) is 0 Å². The number of anilines is 1. The summed E-state index contributed by atoms with van der Waals surface area (Å²) in [6.07, 6.45) is 0. The fraction of sp³-hybridized carbons (Fsp3) is 0. The zero-order chi connectivity index (χ0) is 15.6. The first kappa shape index (κ1) is 15.6. The molecule has 2 aromatic rings. The van der Waals surface area contributed by atoms with Gasteiger partial charge >= 0.3 is 5.69 Å². The Hall–Kier alpha value is -1.75. The van der Waals surface area contributed by atoms with Crippen molar-refractivity contribution in [3.05, 3.63) is 62.0 Å². The van der Waals surface area contributed by atoms with Crippen molar-refractivity contribution in [2.45, 2.75) is 4.90 Å². The van der Waals surface area contributed by atoms with Crippen LogP contribution in [0.15, 0.2) is 47.4 Å². The molecule has 0 spiro atoms. The van der Waals surface area contributed by atoms with E-state index in [0.29, 0.717) is 11.8 Å². The molecule has 0 unspecified atom stereocenters. The first-order chi connectivity index (χ1) is 9.79. The minimum Gasteiger partial charge on any atom is -0.280 e. The molecule has 0 aliphatic rings. The van der Waals surface area contributed by atoms with Crippen molar-refractivity contribution in [3.8, 4) is 0 Å². The second-order valence-corrected chi connectivity index (χ2v) is 6.91. The predicted octanol–water partition coefficient (Wildman–Crippen LogP) is 3.14. The van der Waals surface area contributed by atoms with E-state index in [9.17, 15) is 22.9 Å². The number of nitrogens with zero attached hydrogens (tertiary/aromatic N) is 1. The van der Waals surface area contributed by atoms with Gasteiger partial charge in [-0.15, -0.1) is 0 Å². The van der Waals surface area contributed by atoms with E-state index in [0.717, 1.165) is 15.7 Å². The molecule has 0 fully saturated rings. The predicted molar refractivity (Wildman–Crippen MR) is 83.0 cm³/mol. The molecule has 0 heterocycles. The Balaban J connectivity index is 2.38. The Morgan fingerprint density at radius 3 is 2.33 bits per heavy atom. The van der Waals surface area contributed by atoms with Gasteiger partial charge in [0.2, 0.25) is 5.82 Å². The van der Waals surface area contributed by atoms with Crippen LogP contribution >= 0.6 is 22.6 Å². The van der Waals surface area contributed by atoms with Crippen LogP contribution in [0.5, 0.6) is 0 Å².